The molecule has 5 atom stereocenters. The summed E-state index contributed by atoms with van der Waals surface area (Å²) in [6.45, 7) is 16.4. The van der Waals surface area contributed by atoms with E-state index in [1.165, 1.54) is 0 Å². The van der Waals surface area contributed by atoms with E-state index >= 15 is 0 Å². The molecule has 4 aromatic heterocycles. The van der Waals surface area contributed by atoms with Crippen molar-refractivity contribution >= 4 is 40.5 Å². The number of hydrogen-bond acceptors (Lipinski definition) is 15. The Balaban J connectivity index is 0.565. The number of aromatic nitrogens is 6. The number of piperidine rings is 2. The van der Waals surface area contributed by atoms with Crippen molar-refractivity contribution in [2.75, 3.05) is 67.9 Å². The summed E-state index contributed by atoms with van der Waals surface area (Å²) < 4.78 is 13.8. The predicted octanol–water partition coefficient (Wildman–Crippen LogP) is 8.12. The zero-order valence-corrected chi connectivity index (χ0v) is 47.1. The van der Waals surface area contributed by atoms with Gasteiger partial charge in [0.05, 0.1) is 46.1 Å². The number of hydrogen-bond donors (Lipinski definition) is 3. The van der Waals surface area contributed by atoms with Crippen LogP contribution in [-0.4, -0.2) is 149 Å². The number of imidazole rings is 1. The molecule has 6 fully saturated rings. The molecular formula is C60H78N13O5S+. The van der Waals surface area contributed by atoms with E-state index in [2.05, 4.69) is 80.3 Å². The molecule has 2 amide bonds. The van der Waals surface area contributed by atoms with Gasteiger partial charge in [0, 0.05) is 114 Å². The number of phenols is 1. The van der Waals surface area contributed by atoms with Crippen molar-refractivity contribution in [3.8, 4) is 27.4 Å². The van der Waals surface area contributed by atoms with Gasteiger partial charge in [-0.25, -0.2) is 9.97 Å². The number of aliphatic hydroxyl groups is 2. The smallest absolute Gasteiger partial charge is 0.243 e. The van der Waals surface area contributed by atoms with Crippen LogP contribution in [0.25, 0.3) is 21.7 Å². The molecule has 0 spiro atoms. The van der Waals surface area contributed by atoms with Crippen molar-refractivity contribution in [3.63, 3.8) is 0 Å². The molecule has 418 valence electrons. The second-order valence-electron chi connectivity index (χ2n) is 23.7. The van der Waals surface area contributed by atoms with Crippen molar-refractivity contribution in [2.45, 2.75) is 147 Å². The molecule has 79 heavy (non-hydrogen) atoms. The number of rotatable bonds is 17. The number of nitrogen functional groups attached to an aromatic ring is 1. The lowest BCUT2D eigenvalue weighted by Gasteiger charge is -2.42. The minimum absolute atomic E-state index is 0.0326. The van der Waals surface area contributed by atoms with Gasteiger partial charge >= 0.3 is 0 Å². The third kappa shape index (κ3) is 11.2. The molecule has 6 aromatic rings. The Labute approximate surface area is 467 Å². The van der Waals surface area contributed by atoms with Crippen molar-refractivity contribution in [1.29, 1.82) is 0 Å². The van der Waals surface area contributed by atoms with Gasteiger partial charge in [0.2, 0.25) is 11.8 Å². The van der Waals surface area contributed by atoms with E-state index in [0.29, 0.717) is 72.1 Å². The number of nitrogens with zero attached hydrogens (tertiary/aromatic N) is 11. The third-order valence-electron chi connectivity index (χ3n) is 18.3. The second kappa shape index (κ2) is 23.0. The summed E-state index contributed by atoms with van der Waals surface area (Å²) in [5, 5.41) is 26.8. The number of nitrogens with one attached hydrogen (secondary N) is 1. The van der Waals surface area contributed by atoms with Crippen molar-refractivity contribution in [2.24, 2.45) is 11.8 Å². The topological polar surface area (TPSA) is 204 Å². The molecule has 5 aliphatic heterocycles. The van der Waals surface area contributed by atoms with E-state index in [1.54, 1.807) is 28.4 Å². The Morgan fingerprint density at radius 1 is 0.861 bits per heavy atom. The van der Waals surface area contributed by atoms with Crippen LogP contribution in [0, 0.1) is 18.8 Å². The molecule has 12 rings (SSSR count). The average molecular weight is 1090 g/mol. The lowest BCUT2D eigenvalue weighted by Crippen LogP contribution is -2.53. The fourth-order valence-corrected chi connectivity index (χ4v) is 14.5. The number of thiazole rings is 1. The molecule has 18 nitrogen and oxygen atoms in total. The van der Waals surface area contributed by atoms with Gasteiger partial charge in [-0.15, -0.1) is 21.5 Å². The minimum Gasteiger partial charge on any atom is -0.507 e. The van der Waals surface area contributed by atoms with E-state index in [9.17, 15) is 14.7 Å². The molecular weight excluding hydrogens is 1010 g/mol. The first-order valence-corrected chi connectivity index (χ1v) is 30.0. The number of likely N-dealkylation sites (tertiary alicyclic amines) is 2. The van der Waals surface area contributed by atoms with E-state index in [0.717, 1.165) is 149 Å². The van der Waals surface area contributed by atoms with Crippen LogP contribution in [0.5, 0.6) is 5.75 Å². The number of amides is 2. The van der Waals surface area contributed by atoms with Gasteiger partial charge in [-0.05, 0) is 93.5 Å². The number of carbonyl (C=O) groups is 2. The van der Waals surface area contributed by atoms with Crippen LogP contribution in [0.4, 0.5) is 17.3 Å². The Morgan fingerprint density at radius 2 is 1.62 bits per heavy atom. The fourth-order valence-electron chi connectivity index (χ4n) is 13.7. The molecule has 5 saturated heterocycles. The second-order valence-corrected chi connectivity index (χ2v) is 24.6. The number of carbonyl (C=O) groups excluding carboxylic acids is 2. The normalized spacial score (nSPS) is 24.1. The summed E-state index contributed by atoms with van der Waals surface area (Å²) in [4.78, 5) is 50.4. The number of piperazine rings is 1. The molecule has 1 aliphatic carbocycles. The van der Waals surface area contributed by atoms with Crippen molar-refractivity contribution in [1.82, 2.24) is 49.9 Å². The summed E-state index contributed by atoms with van der Waals surface area (Å²) in [5.74, 6) is 3.02. The summed E-state index contributed by atoms with van der Waals surface area (Å²) >= 11 is 1.63. The van der Waals surface area contributed by atoms with Gasteiger partial charge in [0.25, 0.3) is 0 Å². The summed E-state index contributed by atoms with van der Waals surface area (Å²) in [7, 11) is 0. The van der Waals surface area contributed by atoms with E-state index < -0.39 is 12.0 Å². The maximum atomic E-state index is 14.4. The van der Waals surface area contributed by atoms with Crippen LogP contribution in [0.15, 0.2) is 83.1 Å². The molecule has 0 radical (unpaired) electrons. The van der Waals surface area contributed by atoms with Crippen molar-refractivity contribution in [3.05, 3.63) is 101 Å². The van der Waals surface area contributed by atoms with Crippen LogP contribution < -0.4 is 20.9 Å². The molecule has 2 bridgehead atoms. The van der Waals surface area contributed by atoms with Crippen LogP contribution in [0.2, 0.25) is 0 Å². The van der Waals surface area contributed by atoms with Crippen LogP contribution in [0.1, 0.15) is 126 Å². The Morgan fingerprint density at radius 3 is 2.34 bits per heavy atom. The van der Waals surface area contributed by atoms with Crippen LogP contribution >= 0.6 is 11.3 Å². The maximum absolute atomic E-state index is 14.4. The number of fused-ring (bicyclic) bond motifs is 2. The molecule has 9 heterocycles. The number of aryl methyl sites for hydroxylation is 1. The quantitative estimate of drug-likeness (QED) is 0.0739. The number of aromatic hydroxyl groups is 1. The predicted molar refractivity (Wildman–Crippen MR) is 307 cm³/mol. The summed E-state index contributed by atoms with van der Waals surface area (Å²) in [6.07, 6.45) is 15.3. The lowest BCUT2D eigenvalue weighted by atomic mass is 9.88. The van der Waals surface area contributed by atoms with Gasteiger partial charge in [-0.3, -0.25) is 14.5 Å². The third-order valence-corrected chi connectivity index (χ3v) is 19.3. The van der Waals surface area contributed by atoms with Gasteiger partial charge < -0.3 is 49.6 Å². The van der Waals surface area contributed by atoms with Crippen LogP contribution in [-0.2, 0) is 16.1 Å². The molecule has 1 saturated carbocycles. The highest BCUT2D eigenvalue weighted by Gasteiger charge is 2.44. The van der Waals surface area contributed by atoms with Gasteiger partial charge in [0.1, 0.15) is 23.5 Å². The highest BCUT2D eigenvalue weighted by atomic mass is 32.1. The number of nitrogens with two attached hydrogens (primary N) is 1. The number of para-hydroxylation sites is 1. The highest BCUT2D eigenvalue weighted by molar-refractivity contribution is 7.13. The van der Waals surface area contributed by atoms with E-state index in [-0.39, 0.29) is 29.5 Å². The van der Waals surface area contributed by atoms with Crippen LogP contribution in [0.3, 0.4) is 0 Å². The molecule has 2 aromatic carbocycles. The lowest BCUT2D eigenvalue weighted by molar-refractivity contribution is -0.211. The zero-order valence-electron chi connectivity index (χ0n) is 46.2. The standard InChI is InChI=1S/C60H77N13O5S/c1-37(2)56(60(76)72-22-7-9-50(72)59(75)64-38(3)41-11-13-42(14-12-41)57-39(4)63-36-79-57)53-31-54(67-78-53)69-25-17-40(18-26-69)32-68-23-19-46(20-24-68)77-47-28-45(29-47)71-27-21-62-55(71)35-73-43-15-16-44(73)34-70(33-43)51-30-49(65-66-58(51)61)48-8-5-6-10-52(48)74/h5-6,8,10-14,21,27,30-31,36-38,40,43-47,50,56,74H,7,9,15-20,22-26,28-29,32-35H2,1-4H3,(H2,61,66)(H,64,75)/p+1/t38-,43?,44?,45?,47?,50-,56+/m0/s1. The average Bonchev–Trinajstić information content (AvgIpc) is 4.42. The van der Waals surface area contributed by atoms with Gasteiger partial charge in [-0.2, -0.15) is 0 Å². The molecule has 5 N–H and O–H groups in total. The summed E-state index contributed by atoms with van der Waals surface area (Å²) in [5.41, 5.74) is 13.6. The number of ether oxygens (including phenoxy) is 1. The SMILES string of the molecule is Cc1ncsc1-c1ccc([C@H](C)NC(=O)[C@@H]2CCCN2C(=O)[C@@H](c2cc(N3CCC(CN4CCC([OH+]C5CC(n6ccnc6CN6C7CCC6CN(c6cc(-c8ccccc8O)nnc6N)C7)C5)CC4)CC3)no2)C(C)C)cc1. The summed E-state index contributed by atoms with van der Waals surface area (Å²) in [6, 6.07) is 20.0. The Hall–Kier alpha value is -6.41. The number of benzene rings is 2. The van der Waals surface area contributed by atoms with E-state index in [4.69, 9.17) is 20.0 Å². The largest absolute Gasteiger partial charge is 0.507 e. The van der Waals surface area contributed by atoms with Crippen molar-refractivity contribution < 1.29 is 24.0 Å². The Bertz CT molecular complexity index is 3050. The molecule has 19 heteroatoms. The fraction of sp³-hybridized carbons (Fsp3) is 0.550. The first-order chi connectivity index (χ1) is 38.4. The van der Waals surface area contributed by atoms with E-state index in [1.807, 2.05) is 63.7 Å². The molecule has 6 aliphatic rings. The zero-order chi connectivity index (χ0) is 54.3. The Kier molecular flexibility index (Phi) is 15.5. The maximum Gasteiger partial charge on any atom is 0.243 e. The monoisotopic (exact) mass is 1090 g/mol. The number of phenolic OH excluding ortho intramolecular Hbond substituents is 1. The van der Waals surface area contributed by atoms with Gasteiger partial charge in [-0.1, -0.05) is 55.4 Å². The first-order valence-electron chi connectivity index (χ1n) is 29.1. The van der Waals surface area contributed by atoms with Gasteiger partial charge in [0.15, 0.2) is 29.6 Å². The number of anilines is 3. The minimum atomic E-state index is -0.523. The first kappa shape index (κ1) is 53.2. The highest BCUT2D eigenvalue weighted by Crippen LogP contribution is 2.41. The molecule has 2 unspecified atom stereocenters.